The van der Waals surface area contributed by atoms with Gasteiger partial charge >= 0.3 is 0 Å². The number of rotatable bonds is 5. The van der Waals surface area contributed by atoms with Crippen molar-refractivity contribution < 1.29 is 0 Å². The molecule has 0 saturated carbocycles. The molecule has 1 atom stereocenters. The topological polar surface area (TPSA) is 41.3 Å². The minimum absolute atomic E-state index is 0.452. The first-order valence-electron chi connectivity index (χ1n) is 6.17. The summed E-state index contributed by atoms with van der Waals surface area (Å²) in [4.78, 5) is 2.21. The third-order valence-corrected chi connectivity index (χ3v) is 2.99. The molecule has 1 aromatic rings. The van der Waals surface area contributed by atoms with Crippen LogP contribution >= 0.6 is 0 Å². The molecule has 0 aliphatic carbocycles. The second-order valence-electron chi connectivity index (χ2n) is 5.33. The van der Waals surface area contributed by atoms with E-state index >= 15 is 0 Å². The minimum atomic E-state index is 0.452. The molecule has 0 fully saturated rings. The Hall–Kier alpha value is -1.22. The van der Waals surface area contributed by atoms with Gasteiger partial charge in [0.1, 0.15) is 0 Å². The molecule has 0 aliphatic rings. The van der Waals surface area contributed by atoms with Crippen molar-refractivity contribution in [2.45, 2.75) is 26.8 Å². The molecule has 3 nitrogen and oxygen atoms in total. The van der Waals surface area contributed by atoms with Crippen LogP contribution in [-0.2, 0) is 0 Å². The van der Waals surface area contributed by atoms with Crippen molar-refractivity contribution in [1.29, 1.82) is 0 Å². The Morgan fingerprint density at radius 1 is 1.29 bits per heavy atom. The first kappa shape index (κ1) is 13.8. The fraction of sp³-hybridized carbons (Fsp3) is 0.571. The predicted molar refractivity (Wildman–Crippen MR) is 76.4 cm³/mol. The van der Waals surface area contributed by atoms with Crippen LogP contribution in [0.4, 0.5) is 11.4 Å². The molecule has 3 N–H and O–H groups in total. The Morgan fingerprint density at radius 2 is 1.94 bits per heavy atom. The van der Waals surface area contributed by atoms with Gasteiger partial charge in [0.25, 0.3) is 0 Å². The molecule has 0 radical (unpaired) electrons. The van der Waals surface area contributed by atoms with Crippen molar-refractivity contribution in [2.75, 3.05) is 31.7 Å². The lowest BCUT2D eigenvalue weighted by Crippen LogP contribution is -2.36. The molecule has 96 valence electrons. The smallest absolute Gasteiger partial charge is 0.0411 e. The van der Waals surface area contributed by atoms with E-state index in [1.54, 1.807) is 0 Å². The van der Waals surface area contributed by atoms with Gasteiger partial charge < -0.3 is 16.0 Å². The summed E-state index contributed by atoms with van der Waals surface area (Å²) in [7, 11) is 4.20. The van der Waals surface area contributed by atoms with E-state index in [1.807, 2.05) is 19.1 Å². The standard InChI is InChI=1S/C14H25N3/c1-10(2)14(9-17(4)5)16-12-6-7-13(15)11(3)8-12/h6-8,10,14,16H,9,15H2,1-5H3. The monoisotopic (exact) mass is 235 g/mol. The van der Waals surface area contributed by atoms with Gasteiger partial charge in [0.2, 0.25) is 0 Å². The van der Waals surface area contributed by atoms with Crippen molar-refractivity contribution in [3.05, 3.63) is 23.8 Å². The second-order valence-corrected chi connectivity index (χ2v) is 5.33. The first-order chi connectivity index (χ1) is 7.90. The Balaban J connectivity index is 2.75. The highest BCUT2D eigenvalue weighted by Crippen LogP contribution is 2.19. The number of nitrogens with one attached hydrogen (secondary N) is 1. The maximum absolute atomic E-state index is 5.82. The summed E-state index contributed by atoms with van der Waals surface area (Å²) in [5, 5.41) is 3.58. The Kier molecular flexibility index (Phi) is 4.82. The second kappa shape index (κ2) is 5.92. The van der Waals surface area contributed by atoms with Crippen LogP contribution < -0.4 is 11.1 Å². The van der Waals surface area contributed by atoms with Crippen LogP contribution in [0.5, 0.6) is 0 Å². The van der Waals surface area contributed by atoms with Crippen LogP contribution in [0.3, 0.4) is 0 Å². The lowest BCUT2D eigenvalue weighted by atomic mass is 10.0. The van der Waals surface area contributed by atoms with Crippen LogP contribution in [0.25, 0.3) is 0 Å². The Labute approximate surface area is 105 Å². The van der Waals surface area contributed by atoms with E-state index in [0.29, 0.717) is 12.0 Å². The van der Waals surface area contributed by atoms with Crippen molar-refractivity contribution in [3.63, 3.8) is 0 Å². The van der Waals surface area contributed by atoms with E-state index in [2.05, 4.69) is 44.2 Å². The lowest BCUT2D eigenvalue weighted by molar-refractivity contribution is 0.344. The zero-order valence-corrected chi connectivity index (χ0v) is 11.6. The number of aryl methyl sites for hydroxylation is 1. The summed E-state index contributed by atoms with van der Waals surface area (Å²) >= 11 is 0. The Bertz CT molecular complexity index is 358. The van der Waals surface area contributed by atoms with E-state index in [4.69, 9.17) is 5.73 Å². The molecular weight excluding hydrogens is 210 g/mol. The summed E-state index contributed by atoms with van der Waals surface area (Å²) in [5.41, 5.74) is 8.95. The molecule has 17 heavy (non-hydrogen) atoms. The summed E-state index contributed by atoms with van der Waals surface area (Å²) in [5.74, 6) is 0.593. The summed E-state index contributed by atoms with van der Waals surface area (Å²) in [6, 6.07) is 6.58. The zero-order valence-electron chi connectivity index (χ0n) is 11.6. The number of nitrogens with zero attached hydrogens (tertiary/aromatic N) is 1. The molecule has 1 unspecified atom stereocenters. The van der Waals surface area contributed by atoms with Crippen molar-refractivity contribution in [3.8, 4) is 0 Å². The lowest BCUT2D eigenvalue weighted by Gasteiger charge is -2.27. The van der Waals surface area contributed by atoms with Gasteiger partial charge in [-0.1, -0.05) is 13.8 Å². The van der Waals surface area contributed by atoms with Gasteiger partial charge in [-0.05, 0) is 50.7 Å². The molecule has 0 heterocycles. The highest BCUT2D eigenvalue weighted by Gasteiger charge is 2.14. The summed E-state index contributed by atoms with van der Waals surface area (Å²) < 4.78 is 0. The van der Waals surface area contributed by atoms with Gasteiger partial charge in [0.15, 0.2) is 0 Å². The summed E-state index contributed by atoms with van der Waals surface area (Å²) in [6.45, 7) is 7.55. The van der Waals surface area contributed by atoms with Crippen LogP contribution in [0.1, 0.15) is 19.4 Å². The molecule has 0 aliphatic heterocycles. The van der Waals surface area contributed by atoms with Crippen molar-refractivity contribution >= 4 is 11.4 Å². The van der Waals surface area contributed by atoms with Gasteiger partial charge in [-0.25, -0.2) is 0 Å². The molecule has 0 amide bonds. The average molecular weight is 235 g/mol. The normalized spacial score (nSPS) is 13.1. The van der Waals surface area contributed by atoms with Crippen LogP contribution in [-0.4, -0.2) is 31.6 Å². The maximum atomic E-state index is 5.82. The van der Waals surface area contributed by atoms with Crippen LogP contribution in [0.15, 0.2) is 18.2 Å². The largest absolute Gasteiger partial charge is 0.399 e. The summed E-state index contributed by atoms with van der Waals surface area (Å²) in [6.07, 6.45) is 0. The molecule has 1 aromatic carbocycles. The molecule has 1 rings (SSSR count). The SMILES string of the molecule is Cc1cc(NC(CN(C)C)C(C)C)ccc1N. The van der Waals surface area contributed by atoms with Gasteiger partial charge in [0, 0.05) is 24.0 Å². The van der Waals surface area contributed by atoms with Gasteiger partial charge in [-0.15, -0.1) is 0 Å². The first-order valence-corrected chi connectivity index (χ1v) is 6.17. The van der Waals surface area contributed by atoms with Crippen molar-refractivity contribution in [1.82, 2.24) is 4.90 Å². The molecule has 0 aromatic heterocycles. The molecule has 3 heteroatoms. The third-order valence-electron chi connectivity index (χ3n) is 2.99. The van der Waals surface area contributed by atoms with Gasteiger partial charge in [0.05, 0.1) is 0 Å². The minimum Gasteiger partial charge on any atom is -0.399 e. The number of nitrogens with two attached hydrogens (primary N) is 1. The number of anilines is 2. The number of benzene rings is 1. The van der Waals surface area contributed by atoms with E-state index in [-0.39, 0.29) is 0 Å². The van der Waals surface area contributed by atoms with E-state index < -0.39 is 0 Å². The van der Waals surface area contributed by atoms with E-state index in [0.717, 1.165) is 23.5 Å². The Morgan fingerprint density at radius 3 is 2.41 bits per heavy atom. The molecule has 0 spiro atoms. The number of hydrogen-bond acceptors (Lipinski definition) is 3. The van der Waals surface area contributed by atoms with Gasteiger partial charge in [-0.2, -0.15) is 0 Å². The predicted octanol–water partition coefficient (Wildman–Crippen LogP) is 2.58. The van der Waals surface area contributed by atoms with Crippen LogP contribution in [0, 0.1) is 12.8 Å². The fourth-order valence-electron chi connectivity index (χ4n) is 1.80. The maximum Gasteiger partial charge on any atom is 0.0411 e. The number of nitrogen functional groups attached to an aromatic ring is 1. The average Bonchev–Trinajstić information content (AvgIpc) is 2.21. The molecular formula is C14H25N3. The number of hydrogen-bond donors (Lipinski definition) is 2. The highest BCUT2D eigenvalue weighted by molar-refractivity contribution is 5.57. The van der Waals surface area contributed by atoms with Crippen LogP contribution in [0.2, 0.25) is 0 Å². The quantitative estimate of drug-likeness (QED) is 0.771. The fourth-order valence-corrected chi connectivity index (χ4v) is 1.80. The highest BCUT2D eigenvalue weighted by atomic mass is 15.1. The van der Waals surface area contributed by atoms with E-state index in [9.17, 15) is 0 Å². The van der Waals surface area contributed by atoms with E-state index in [1.165, 1.54) is 0 Å². The third kappa shape index (κ3) is 4.27. The van der Waals surface area contributed by atoms with Crippen molar-refractivity contribution in [2.24, 2.45) is 5.92 Å². The zero-order chi connectivity index (χ0) is 13.0. The molecule has 0 saturated heterocycles. The number of likely N-dealkylation sites (N-methyl/N-ethyl adjacent to an activating group) is 1. The molecule has 0 bridgehead atoms. The van der Waals surface area contributed by atoms with Gasteiger partial charge in [-0.3, -0.25) is 0 Å².